The largest absolute Gasteiger partial charge is 0.489 e. The topological polar surface area (TPSA) is 121 Å². The number of nitrogens with one attached hydrogen (secondary N) is 2. The number of amidine groups is 1. The van der Waals surface area contributed by atoms with Crippen LogP contribution < -0.4 is 16.0 Å². The summed E-state index contributed by atoms with van der Waals surface area (Å²) in [6.07, 6.45) is 2.48. The average molecular weight is 485 g/mol. The van der Waals surface area contributed by atoms with E-state index in [0.29, 0.717) is 31.0 Å². The number of nitrogens with two attached hydrogens (primary N) is 1. The van der Waals surface area contributed by atoms with Crippen molar-refractivity contribution < 1.29 is 33.9 Å². The number of methoxy groups -OCH3 is 1. The molecule has 9 heteroatoms. The molecule has 0 radical (unpaired) electrons. The summed E-state index contributed by atoms with van der Waals surface area (Å²) in [5.74, 6) is 2.39. The van der Waals surface area contributed by atoms with E-state index in [9.17, 15) is 9.59 Å². The van der Waals surface area contributed by atoms with E-state index >= 15 is 0 Å². The van der Waals surface area contributed by atoms with Crippen LogP contribution in [0.3, 0.4) is 0 Å². The van der Waals surface area contributed by atoms with Gasteiger partial charge in [-0.05, 0) is 45.4 Å². The minimum Gasteiger partial charge on any atom is -0.489 e. The molecule has 0 saturated heterocycles. The van der Waals surface area contributed by atoms with Gasteiger partial charge in [-0.3, -0.25) is 5.41 Å². The van der Waals surface area contributed by atoms with Crippen molar-refractivity contribution in [3.8, 4) is 12.0 Å². The molecule has 2 amide bonds. The monoisotopic (exact) mass is 484 g/mol. The summed E-state index contributed by atoms with van der Waals surface area (Å²) < 4.78 is 22.1. The molecular weight excluding hydrogens is 450 g/mol. The summed E-state index contributed by atoms with van der Waals surface area (Å²) in [5.41, 5.74) is 0.771. The highest BCUT2D eigenvalue weighted by atomic mass is 16.6. The Bertz CT molecular complexity index is 1020. The molecule has 4 N–H and O–H groups in total. The van der Waals surface area contributed by atoms with E-state index in [1.165, 1.54) is 0 Å². The van der Waals surface area contributed by atoms with E-state index in [2.05, 4.69) is 22.6 Å². The Labute approximate surface area is 206 Å². The lowest BCUT2D eigenvalue weighted by molar-refractivity contribution is -0.125. The zero-order valence-corrected chi connectivity index (χ0v) is 20.8. The second-order valence-corrected chi connectivity index (χ2v) is 8.91. The molecule has 9 nitrogen and oxygen atoms in total. The van der Waals surface area contributed by atoms with Gasteiger partial charge in [-0.1, -0.05) is 30.3 Å². The van der Waals surface area contributed by atoms with Gasteiger partial charge in [0.05, 0.1) is 19.3 Å². The molecule has 188 valence electrons. The van der Waals surface area contributed by atoms with Crippen LogP contribution in [0.25, 0.3) is 0 Å². The molecule has 2 atom stereocenters. The Morgan fingerprint density at radius 3 is 2.60 bits per heavy atom. The third-order valence-electron chi connectivity index (χ3n) is 4.43. The summed E-state index contributed by atoms with van der Waals surface area (Å²) in [6.45, 7) is 7.84. The Morgan fingerprint density at radius 2 is 1.94 bits per heavy atom. The van der Waals surface area contributed by atoms with Crippen molar-refractivity contribution in [2.45, 2.75) is 58.5 Å². The highest BCUT2D eigenvalue weighted by Gasteiger charge is 2.25. The molecule has 0 saturated carbocycles. The first-order valence-corrected chi connectivity index (χ1v) is 11.2. The maximum atomic E-state index is 12.8. The minimum atomic E-state index is -0.713. The maximum Gasteiger partial charge on any atom is 0.419 e. The van der Waals surface area contributed by atoms with Gasteiger partial charge in [0.15, 0.2) is 0 Å². The second kappa shape index (κ2) is 13.3. The highest BCUT2D eigenvalue weighted by Crippen LogP contribution is 2.23. The van der Waals surface area contributed by atoms with Crippen molar-refractivity contribution in [3.05, 3.63) is 59.4 Å². The lowest BCUT2D eigenvalue weighted by Gasteiger charge is -2.23. The predicted octanol–water partition coefficient (Wildman–Crippen LogP) is 1.60. The molecule has 0 aliphatic heterocycles. The van der Waals surface area contributed by atoms with Crippen molar-refractivity contribution in [1.29, 1.82) is 0 Å². The van der Waals surface area contributed by atoms with Crippen LogP contribution in [0.5, 0.6) is 0 Å². The number of alkyl carbamates (subject to hydrolysis) is 1. The molecule has 0 heterocycles. The predicted molar refractivity (Wildman–Crippen MR) is 130 cm³/mol. The molecule has 0 aromatic heterocycles. The molecular formula is C26H34N3O6+. The van der Waals surface area contributed by atoms with Crippen molar-refractivity contribution in [2.24, 2.45) is 0 Å². The van der Waals surface area contributed by atoms with Crippen LogP contribution in [0.4, 0.5) is 4.79 Å². The molecule has 1 unspecified atom stereocenters. The van der Waals surface area contributed by atoms with Gasteiger partial charge in [0.25, 0.3) is 0 Å². The molecule has 0 bridgehead atoms. The number of hydrogen-bond donors (Lipinski definition) is 3. The summed E-state index contributed by atoms with van der Waals surface area (Å²) in [5, 5.41) is 10.6. The minimum absolute atomic E-state index is 0.126. The van der Waals surface area contributed by atoms with Gasteiger partial charge >= 0.3 is 17.8 Å². The zero-order chi connectivity index (χ0) is 25.8. The van der Waals surface area contributed by atoms with E-state index < -0.39 is 17.6 Å². The summed E-state index contributed by atoms with van der Waals surface area (Å²) >= 11 is 0. The summed E-state index contributed by atoms with van der Waals surface area (Å²) in [7, 11) is 1.59. The van der Waals surface area contributed by atoms with Gasteiger partial charge in [0, 0.05) is 31.1 Å². The molecule has 0 fully saturated rings. The fourth-order valence-corrected chi connectivity index (χ4v) is 3.04. The Morgan fingerprint density at radius 1 is 1.23 bits per heavy atom. The lowest BCUT2D eigenvalue weighted by atomic mass is 10.0. The number of benzene rings is 1. The second-order valence-electron chi connectivity index (χ2n) is 8.91. The quantitative estimate of drug-likeness (QED) is 0.223. The number of carbonyl (C=O) groups excluding carboxylic acids is 2. The first-order chi connectivity index (χ1) is 16.6. The highest BCUT2D eigenvalue weighted by molar-refractivity contribution is 6.10. The third kappa shape index (κ3) is 10.9. The standard InChI is InChI=1S/C26H33N3O6/c1-18(16-32-5)34-22-14-20(13-21(15-22)33-17-19-9-7-6-8-10-19)24(30)29-23(27)11-12-28-25(31)35-26(2,3)4/h6-10,14-15,18,21H,13,16-17H2,1-5H3,(H,28,31)(H2,27,29,30)/p+1/t18-,21?/m0/s1. The van der Waals surface area contributed by atoms with Gasteiger partial charge in [-0.15, -0.1) is 0 Å². The first-order valence-electron chi connectivity index (χ1n) is 11.2. The number of allylic oxidation sites excluding steroid dienone is 1. The van der Waals surface area contributed by atoms with Gasteiger partial charge in [-0.2, -0.15) is 5.32 Å². The molecule has 0 spiro atoms. The van der Waals surface area contributed by atoms with E-state index in [4.69, 9.17) is 24.4 Å². The van der Waals surface area contributed by atoms with Crippen molar-refractivity contribution >= 4 is 17.8 Å². The molecule has 35 heavy (non-hydrogen) atoms. The molecule has 1 aromatic carbocycles. The van der Waals surface area contributed by atoms with Gasteiger partial charge in [0.1, 0.15) is 17.5 Å². The fraction of sp³-hybridized carbons (Fsp3) is 0.423. The molecule has 1 aliphatic carbocycles. The number of ether oxygens (including phenoxy) is 4. The number of rotatable bonds is 8. The number of carbonyl (C=O) groups is 2. The van der Waals surface area contributed by atoms with Crippen molar-refractivity contribution in [3.63, 3.8) is 0 Å². The van der Waals surface area contributed by atoms with Crippen LogP contribution in [0.15, 0.2) is 53.8 Å². The van der Waals surface area contributed by atoms with Gasteiger partial charge in [-0.25, -0.2) is 14.9 Å². The Kier molecular flexibility index (Phi) is 10.5. The van der Waals surface area contributed by atoms with E-state index in [-0.39, 0.29) is 18.0 Å². The van der Waals surface area contributed by atoms with Crippen LogP contribution >= 0.6 is 0 Å². The van der Waals surface area contributed by atoms with E-state index in [1.54, 1.807) is 34.0 Å². The lowest BCUT2D eigenvalue weighted by Crippen LogP contribution is -2.50. The fourth-order valence-electron chi connectivity index (χ4n) is 3.04. The maximum absolute atomic E-state index is 12.8. The van der Waals surface area contributed by atoms with E-state index in [1.807, 2.05) is 43.3 Å². The Hall–Kier alpha value is -3.61. The SMILES string of the molecule is COC[C@H](C)OC1=CC(OCc2ccccc2)CC(C(=O)NC(=[NH2+])C#CNC(=O)OC(C)(C)C)=C1. The molecule has 1 aromatic rings. The van der Waals surface area contributed by atoms with E-state index in [0.717, 1.165) is 5.56 Å². The molecule has 2 rings (SSSR count). The molecule has 1 aliphatic rings. The smallest absolute Gasteiger partial charge is 0.419 e. The van der Waals surface area contributed by atoms with Crippen molar-refractivity contribution in [2.75, 3.05) is 13.7 Å². The third-order valence-corrected chi connectivity index (χ3v) is 4.43. The zero-order valence-electron chi connectivity index (χ0n) is 20.8. The average Bonchev–Trinajstić information content (AvgIpc) is 2.77. The number of hydrogen-bond acceptors (Lipinski definition) is 6. The number of amides is 2. The normalized spacial score (nSPS) is 16.0. The first kappa shape index (κ1) is 27.6. The summed E-state index contributed by atoms with van der Waals surface area (Å²) in [4.78, 5) is 24.5. The van der Waals surface area contributed by atoms with Crippen LogP contribution in [0.1, 0.15) is 39.7 Å². The Balaban J connectivity index is 2.02. The van der Waals surface area contributed by atoms with Crippen molar-refractivity contribution in [1.82, 2.24) is 10.6 Å². The van der Waals surface area contributed by atoms with Gasteiger partial charge < -0.3 is 18.9 Å². The summed E-state index contributed by atoms with van der Waals surface area (Å²) in [6, 6.07) is 12.1. The van der Waals surface area contributed by atoms with Crippen LogP contribution in [-0.4, -0.2) is 49.4 Å². The van der Waals surface area contributed by atoms with Crippen LogP contribution in [0, 0.1) is 12.0 Å². The van der Waals surface area contributed by atoms with Crippen LogP contribution in [0.2, 0.25) is 0 Å². The van der Waals surface area contributed by atoms with Gasteiger partial charge in [0.2, 0.25) is 0 Å². The van der Waals surface area contributed by atoms with Crippen LogP contribution in [-0.2, 0) is 30.3 Å².